The standard InChI is InChI=1S/C14H18Cl3N/c15-9-14(6-1-2-7-14)10-18-8-11-12(16)4-3-5-13(11)17/h3-5,18H,1-2,6-10H2. The van der Waals surface area contributed by atoms with E-state index in [2.05, 4.69) is 5.32 Å². The molecule has 0 bridgehead atoms. The molecule has 100 valence electrons. The fourth-order valence-corrected chi connectivity index (χ4v) is 3.53. The molecule has 2 rings (SSSR count). The van der Waals surface area contributed by atoms with Crippen molar-refractivity contribution in [1.82, 2.24) is 5.32 Å². The molecular weight excluding hydrogens is 289 g/mol. The molecule has 0 aliphatic heterocycles. The van der Waals surface area contributed by atoms with E-state index in [1.165, 1.54) is 25.7 Å². The van der Waals surface area contributed by atoms with Crippen molar-refractivity contribution >= 4 is 34.8 Å². The van der Waals surface area contributed by atoms with E-state index in [1.807, 2.05) is 18.2 Å². The summed E-state index contributed by atoms with van der Waals surface area (Å²) in [6, 6.07) is 5.61. The molecule has 0 unspecified atom stereocenters. The minimum absolute atomic E-state index is 0.273. The van der Waals surface area contributed by atoms with Crippen LogP contribution in [0.5, 0.6) is 0 Å². The van der Waals surface area contributed by atoms with E-state index in [4.69, 9.17) is 34.8 Å². The molecule has 0 aromatic heterocycles. The van der Waals surface area contributed by atoms with Crippen LogP contribution in [0.2, 0.25) is 10.0 Å². The summed E-state index contributed by atoms with van der Waals surface area (Å²) in [5.41, 5.74) is 1.25. The number of hydrogen-bond acceptors (Lipinski definition) is 1. The van der Waals surface area contributed by atoms with Gasteiger partial charge in [-0.1, -0.05) is 42.1 Å². The summed E-state index contributed by atoms with van der Waals surface area (Å²) in [7, 11) is 0. The van der Waals surface area contributed by atoms with Gasteiger partial charge in [-0.15, -0.1) is 11.6 Å². The Morgan fingerprint density at radius 2 is 1.72 bits per heavy atom. The Labute approximate surface area is 124 Å². The van der Waals surface area contributed by atoms with Gasteiger partial charge in [0.25, 0.3) is 0 Å². The fraction of sp³-hybridized carbons (Fsp3) is 0.571. The minimum Gasteiger partial charge on any atom is -0.312 e. The maximum absolute atomic E-state index is 6.14. The SMILES string of the molecule is ClCC1(CNCc2c(Cl)cccc2Cl)CCCC1. The van der Waals surface area contributed by atoms with Crippen LogP contribution in [0.1, 0.15) is 31.2 Å². The molecular formula is C14H18Cl3N. The van der Waals surface area contributed by atoms with Crippen LogP contribution < -0.4 is 5.32 Å². The van der Waals surface area contributed by atoms with Gasteiger partial charge in [-0.3, -0.25) is 0 Å². The third-order valence-electron chi connectivity index (χ3n) is 3.81. The first-order valence-electron chi connectivity index (χ1n) is 6.36. The van der Waals surface area contributed by atoms with Crippen molar-refractivity contribution in [1.29, 1.82) is 0 Å². The average Bonchev–Trinajstić information content (AvgIpc) is 2.82. The highest BCUT2D eigenvalue weighted by Crippen LogP contribution is 2.38. The summed E-state index contributed by atoms with van der Waals surface area (Å²) >= 11 is 18.4. The van der Waals surface area contributed by atoms with Crippen molar-refractivity contribution in [2.45, 2.75) is 32.2 Å². The topological polar surface area (TPSA) is 12.0 Å². The molecule has 1 aliphatic rings. The highest BCUT2D eigenvalue weighted by atomic mass is 35.5. The summed E-state index contributed by atoms with van der Waals surface area (Å²) < 4.78 is 0. The average molecular weight is 307 g/mol. The molecule has 0 heterocycles. The molecule has 1 nitrogen and oxygen atoms in total. The van der Waals surface area contributed by atoms with Crippen molar-refractivity contribution in [2.75, 3.05) is 12.4 Å². The first kappa shape index (κ1) is 14.5. The normalized spacial score (nSPS) is 18.2. The van der Waals surface area contributed by atoms with Gasteiger partial charge >= 0.3 is 0 Å². The molecule has 0 radical (unpaired) electrons. The Balaban J connectivity index is 1.92. The van der Waals surface area contributed by atoms with Crippen LogP contribution in [0, 0.1) is 5.41 Å². The fourth-order valence-electron chi connectivity index (χ4n) is 2.64. The molecule has 0 atom stereocenters. The van der Waals surface area contributed by atoms with Gasteiger partial charge in [0.2, 0.25) is 0 Å². The molecule has 1 N–H and O–H groups in total. The largest absolute Gasteiger partial charge is 0.312 e. The Hall–Kier alpha value is 0.0500. The van der Waals surface area contributed by atoms with E-state index >= 15 is 0 Å². The maximum atomic E-state index is 6.14. The highest BCUT2D eigenvalue weighted by molar-refractivity contribution is 6.35. The molecule has 1 aromatic rings. The van der Waals surface area contributed by atoms with Crippen LogP contribution in [0.15, 0.2) is 18.2 Å². The molecule has 18 heavy (non-hydrogen) atoms. The van der Waals surface area contributed by atoms with E-state index in [0.717, 1.165) is 28.0 Å². The van der Waals surface area contributed by atoms with Crippen LogP contribution in [-0.4, -0.2) is 12.4 Å². The van der Waals surface area contributed by atoms with Crippen LogP contribution in [0.25, 0.3) is 0 Å². The third kappa shape index (κ3) is 3.33. The predicted molar refractivity (Wildman–Crippen MR) is 79.8 cm³/mol. The van der Waals surface area contributed by atoms with Crippen LogP contribution >= 0.6 is 34.8 Å². The van der Waals surface area contributed by atoms with Gasteiger partial charge in [-0.05, 0) is 30.4 Å². The monoisotopic (exact) mass is 305 g/mol. The summed E-state index contributed by atoms with van der Waals surface area (Å²) in [6.07, 6.45) is 5.03. The lowest BCUT2D eigenvalue weighted by molar-refractivity contribution is 0.320. The highest BCUT2D eigenvalue weighted by Gasteiger charge is 2.32. The summed E-state index contributed by atoms with van der Waals surface area (Å²) in [4.78, 5) is 0. The van der Waals surface area contributed by atoms with E-state index in [9.17, 15) is 0 Å². The van der Waals surface area contributed by atoms with Gasteiger partial charge in [0.15, 0.2) is 0 Å². The summed E-state index contributed by atoms with van der Waals surface area (Å²) in [5, 5.41) is 4.91. The van der Waals surface area contributed by atoms with Gasteiger partial charge in [-0.2, -0.15) is 0 Å². The number of halogens is 3. The zero-order chi connectivity index (χ0) is 13.0. The smallest absolute Gasteiger partial charge is 0.0465 e. The van der Waals surface area contributed by atoms with Gasteiger partial charge < -0.3 is 5.32 Å². The van der Waals surface area contributed by atoms with E-state index < -0.39 is 0 Å². The Kier molecular flexibility index (Phi) is 5.20. The van der Waals surface area contributed by atoms with Crippen LogP contribution in [0.3, 0.4) is 0 Å². The number of rotatable bonds is 5. The lowest BCUT2D eigenvalue weighted by atomic mass is 9.88. The lowest BCUT2D eigenvalue weighted by Crippen LogP contribution is -2.33. The maximum Gasteiger partial charge on any atom is 0.0465 e. The first-order valence-corrected chi connectivity index (χ1v) is 7.65. The molecule has 0 spiro atoms. The van der Waals surface area contributed by atoms with Gasteiger partial charge in [0.1, 0.15) is 0 Å². The summed E-state index contributed by atoms with van der Waals surface area (Å²) in [5.74, 6) is 0.732. The van der Waals surface area contributed by atoms with Crippen LogP contribution in [-0.2, 0) is 6.54 Å². The summed E-state index contributed by atoms with van der Waals surface area (Å²) in [6.45, 7) is 1.65. The molecule has 1 saturated carbocycles. The molecule has 0 amide bonds. The number of hydrogen-bond donors (Lipinski definition) is 1. The lowest BCUT2D eigenvalue weighted by Gasteiger charge is -2.26. The Morgan fingerprint density at radius 3 is 2.28 bits per heavy atom. The van der Waals surface area contributed by atoms with Crippen molar-refractivity contribution < 1.29 is 0 Å². The van der Waals surface area contributed by atoms with Gasteiger partial charge in [0, 0.05) is 34.6 Å². The number of benzene rings is 1. The van der Waals surface area contributed by atoms with Crippen LogP contribution in [0.4, 0.5) is 0 Å². The van der Waals surface area contributed by atoms with Crippen molar-refractivity contribution in [3.63, 3.8) is 0 Å². The van der Waals surface area contributed by atoms with Crippen molar-refractivity contribution in [2.24, 2.45) is 5.41 Å². The van der Waals surface area contributed by atoms with E-state index in [1.54, 1.807) is 0 Å². The first-order chi connectivity index (χ1) is 8.67. The van der Waals surface area contributed by atoms with Gasteiger partial charge in [0.05, 0.1) is 0 Å². The quantitative estimate of drug-likeness (QED) is 0.764. The zero-order valence-electron chi connectivity index (χ0n) is 10.3. The predicted octanol–water partition coefficient (Wildman–Crippen LogP) is 4.88. The second-order valence-corrected chi connectivity index (χ2v) is 6.23. The second kappa shape index (κ2) is 6.47. The van der Waals surface area contributed by atoms with Gasteiger partial charge in [-0.25, -0.2) is 0 Å². The minimum atomic E-state index is 0.273. The molecule has 1 fully saturated rings. The third-order valence-corrected chi connectivity index (χ3v) is 5.09. The number of nitrogens with one attached hydrogen (secondary N) is 1. The Morgan fingerprint density at radius 1 is 1.11 bits per heavy atom. The molecule has 1 aliphatic carbocycles. The second-order valence-electron chi connectivity index (χ2n) is 5.14. The Bertz CT molecular complexity index is 380. The van der Waals surface area contributed by atoms with E-state index in [0.29, 0.717) is 6.54 Å². The number of alkyl halides is 1. The molecule has 4 heteroatoms. The molecule has 1 aromatic carbocycles. The zero-order valence-corrected chi connectivity index (χ0v) is 12.6. The van der Waals surface area contributed by atoms with Crippen molar-refractivity contribution in [3.8, 4) is 0 Å². The van der Waals surface area contributed by atoms with Crippen molar-refractivity contribution in [3.05, 3.63) is 33.8 Å². The van der Waals surface area contributed by atoms with E-state index in [-0.39, 0.29) is 5.41 Å². The molecule has 0 saturated heterocycles.